The number of hydrogen-bond donors (Lipinski definition) is 1. The number of nitrogens with one attached hydrogen (secondary N) is 1. The molecule has 0 aliphatic heterocycles. The van der Waals surface area contributed by atoms with Crippen LogP contribution in [0.2, 0.25) is 10.0 Å². The van der Waals surface area contributed by atoms with Crippen LogP contribution in [-0.4, -0.2) is 49.5 Å². The number of hydrogen-bond acceptors (Lipinski definition) is 4. The van der Waals surface area contributed by atoms with Crippen molar-refractivity contribution < 1.29 is 22.4 Å². The smallest absolute Gasteiger partial charge is 0.244 e. The highest BCUT2D eigenvalue weighted by atomic mass is 35.5. The molecule has 0 spiro atoms. The zero-order valence-electron chi connectivity index (χ0n) is 20.3. The summed E-state index contributed by atoms with van der Waals surface area (Å²) < 4.78 is 39.6. The summed E-state index contributed by atoms with van der Waals surface area (Å²) in [4.78, 5) is 28.0. The van der Waals surface area contributed by atoms with E-state index in [1.807, 2.05) is 20.8 Å². The fourth-order valence-corrected chi connectivity index (χ4v) is 4.80. The van der Waals surface area contributed by atoms with Crippen LogP contribution in [0, 0.1) is 5.82 Å². The van der Waals surface area contributed by atoms with Gasteiger partial charge in [-0.1, -0.05) is 42.3 Å². The lowest BCUT2D eigenvalue weighted by Gasteiger charge is -2.34. The van der Waals surface area contributed by atoms with Crippen molar-refractivity contribution in [3.05, 3.63) is 63.9 Å². The molecule has 192 valence electrons. The van der Waals surface area contributed by atoms with Gasteiger partial charge in [0.15, 0.2) is 0 Å². The predicted molar refractivity (Wildman–Crippen MR) is 138 cm³/mol. The molecule has 0 saturated carbocycles. The number of benzene rings is 2. The van der Waals surface area contributed by atoms with Gasteiger partial charge in [-0.15, -0.1) is 0 Å². The van der Waals surface area contributed by atoms with Crippen molar-refractivity contribution in [3.8, 4) is 0 Å². The molecule has 11 heteroatoms. The second kappa shape index (κ2) is 11.6. The molecule has 1 unspecified atom stereocenters. The molecule has 1 N–H and O–H groups in total. The van der Waals surface area contributed by atoms with Crippen LogP contribution in [0.1, 0.15) is 39.7 Å². The van der Waals surface area contributed by atoms with E-state index in [1.165, 1.54) is 47.4 Å². The quantitative estimate of drug-likeness (QED) is 0.498. The third-order valence-electron chi connectivity index (χ3n) is 4.96. The van der Waals surface area contributed by atoms with E-state index >= 15 is 0 Å². The Kier molecular flexibility index (Phi) is 9.56. The number of nitrogens with zero attached hydrogens (tertiary/aromatic N) is 2. The van der Waals surface area contributed by atoms with Crippen LogP contribution < -0.4 is 9.62 Å². The number of carbonyl (C=O) groups is 2. The zero-order chi connectivity index (χ0) is 26.6. The van der Waals surface area contributed by atoms with E-state index < -0.39 is 39.9 Å². The van der Waals surface area contributed by atoms with Crippen molar-refractivity contribution in [2.75, 3.05) is 17.1 Å². The first-order chi connectivity index (χ1) is 16.1. The number of anilines is 1. The van der Waals surface area contributed by atoms with Gasteiger partial charge in [-0.2, -0.15) is 0 Å². The Morgan fingerprint density at radius 3 is 2.06 bits per heavy atom. The molecule has 2 aromatic carbocycles. The van der Waals surface area contributed by atoms with Gasteiger partial charge in [0, 0.05) is 22.1 Å². The number of amides is 2. The third kappa shape index (κ3) is 8.66. The standard InChI is InChI=1S/C24H30Cl2FN3O4S/c1-6-21(23(32)28-24(2,3)4)29(14-16-7-9-19(27)10-8-16)22(31)15-30(35(5,33)34)20-12-17(25)11-18(26)13-20/h7-13,21H,6,14-15H2,1-5H3,(H,28,32). The highest BCUT2D eigenvalue weighted by molar-refractivity contribution is 7.92. The summed E-state index contributed by atoms with van der Waals surface area (Å²) in [5.74, 6) is -1.44. The van der Waals surface area contributed by atoms with Crippen molar-refractivity contribution >= 4 is 50.7 Å². The molecule has 0 saturated heterocycles. The summed E-state index contributed by atoms with van der Waals surface area (Å²) >= 11 is 12.1. The lowest BCUT2D eigenvalue weighted by molar-refractivity contribution is -0.141. The van der Waals surface area contributed by atoms with E-state index in [4.69, 9.17) is 23.2 Å². The van der Waals surface area contributed by atoms with Crippen molar-refractivity contribution in [3.63, 3.8) is 0 Å². The van der Waals surface area contributed by atoms with E-state index in [0.717, 1.165) is 10.6 Å². The van der Waals surface area contributed by atoms with Crippen molar-refractivity contribution in [2.24, 2.45) is 0 Å². The molecule has 7 nitrogen and oxygen atoms in total. The molecule has 0 aliphatic rings. The molecule has 2 amide bonds. The Balaban J connectivity index is 2.48. The van der Waals surface area contributed by atoms with Crippen molar-refractivity contribution in [1.29, 1.82) is 0 Å². The lowest BCUT2D eigenvalue weighted by atomic mass is 10.1. The van der Waals surface area contributed by atoms with E-state index in [0.29, 0.717) is 5.56 Å². The molecule has 35 heavy (non-hydrogen) atoms. The first-order valence-electron chi connectivity index (χ1n) is 10.9. The third-order valence-corrected chi connectivity index (χ3v) is 6.54. The number of sulfonamides is 1. The van der Waals surface area contributed by atoms with Crippen molar-refractivity contribution in [2.45, 2.75) is 52.2 Å². The highest BCUT2D eigenvalue weighted by Crippen LogP contribution is 2.27. The van der Waals surface area contributed by atoms with Gasteiger partial charge in [-0.3, -0.25) is 13.9 Å². The molecule has 0 heterocycles. The Morgan fingerprint density at radius 2 is 1.60 bits per heavy atom. The van der Waals surface area contributed by atoms with Crippen molar-refractivity contribution in [1.82, 2.24) is 10.2 Å². The molecule has 0 aliphatic carbocycles. The molecular weight excluding hydrogens is 516 g/mol. The summed E-state index contributed by atoms with van der Waals surface area (Å²) in [6.45, 7) is 6.59. The van der Waals surface area contributed by atoms with Crippen LogP contribution in [-0.2, 0) is 26.2 Å². The first kappa shape index (κ1) is 28.9. The minimum atomic E-state index is -3.92. The Labute approximate surface area is 216 Å². The fourth-order valence-electron chi connectivity index (χ4n) is 3.46. The molecule has 0 bridgehead atoms. The van der Waals surface area contributed by atoms with E-state index in [-0.39, 0.29) is 34.6 Å². The van der Waals surface area contributed by atoms with Crippen LogP contribution in [0.25, 0.3) is 0 Å². The van der Waals surface area contributed by atoms with Gasteiger partial charge < -0.3 is 10.2 Å². The minimum Gasteiger partial charge on any atom is -0.350 e. The molecule has 2 aromatic rings. The second-order valence-electron chi connectivity index (χ2n) is 9.21. The van der Waals surface area contributed by atoms with Gasteiger partial charge in [-0.25, -0.2) is 12.8 Å². The van der Waals surface area contributed by atoms with Crippen LogP contribution in [0.3, 0.4) is 0 Å². The predicted octanol–water partition coefficient (Wildman–Crippen LogP) is 4.62. The number of rotatable bonds is 9. The monoisotopic (exact) mass is 545 g/mol. The molecule has 2 rings (SSSR count). The molecule has 0 radical (unpaired) electrons. The van der Waals surface area contributed by atoms with Gasteiger partial charge in [0.2, 0.25) is 21.8 Å². The van der Waals surface area contributed by atoms with Crippen LogP contribution in [0.15, 0.2) is 42.5 Å². The maximum Gasteiger partial charge on any atom is 0.244 e. The SMILES string of the molecule is CCC(C(=O)NC(C)(C)C)N(Cc1ccc(F)cc1)C(=O)CN(c1cc(Cl)cc(Cl)c1)S(C)(=O)=O. The molecule has 0 fully saturated rings. The summed E-state index contributed by atoms with van der Waals surface area (Å²) in [6, 6.07) is 8.85. The van der Waals surface area contributed by atoms with Gasteiger partial charge in [0.25, 0.3) is 0 Å². The van der Waals surface area contributed by atoms with Gasteiger partial charge in [-0.05, 0) is 63.1 Å². The summed E-state index contributed by atoms with van der Waals surface area (Å²) in [5.41, 5.74) is 0.150. The van der Waals surface area contributed by atoms with E-state index in [2.05, 4.69) is 5.32 Å². The highest BCUT2D eigenvalue weighted by Gasteiger charge is 2.33. The average Bonchev–Trinajstić information content (AvgIpc) is 2.70. The Hall–Kier alpha value is -2.36. The topological polar surface area (TPSA) is 86.8 Å². The first-order valence-corrected chi connectivity index (χ1v) is 13.5. The molecule has 0 aromatic heterocycles. The Morgan fingerprint density at radius 1 is 1.06 bits per heavy atom. The maximum absolute atomic E-state index is 13.6. The summed E-state index contributed by atoms with van der Waals surface area (Å²) in [5, 5.41) is 3.27. The van der Waals surface area contributed by atoms with E-state index in [9.17, 15) is 22.4 Å². The Bertz CT molecular complexity index is 1150. The average molecular weight is 546 g/mol. The lowest BCUT2D eigenvalue weighted by Crippen LogP contribution is -2.55. The molecule has 1 atom stereocenters. The van der Waals surface area contributed by atoms with Crippen LogP contribution in [0.4, 0.5) is 10.1 Å². The van der Waals surface area contributed by atoms with E-state index in [1.54, 1.807) is 6.92 Å². The second-order valence-corrected chi connectivity index (χ2v) is 12.0. The van der Waals surface area contributed by atoms with Gasteiger partial charge in [0.05, 0.1) is 11.9 Å². The van der Waals surface area contributed by atoms with Crippen LogP contribution >= 0.6 is 23.2 Å². The number of halogens is 3. The largest absolute Gasteiger partial charge is 0.350 e. The number of carbonyl (C=O) groups excluding carboxylic acids is 2. The minimum absolute atomic E-state index is 0.0247. The molecular formula is C24H30Cl2FN3O4S. The zero-order valence-corrected chi connectivity index (χ0v) is 22.6. The maximum atomic E-state index is 13.6. The van der Waals surface area contributed by atoms with Gasteiger partial charge in [0.1, 0.15) is 18.4 Å². The summed E-state index contributed by atoms with van der Waals surface area (Å²) in [6.07, 6.45) is 1.24. The normalized spacial score (nSPS) is 12.7. The summed E-state index contributed by atoms with van der Waals surface area (Å²) in [7, 11) is -3.92. The van der Waals surface area contributed by atoms with Crippen LogP contribution in [0.5, 0.6) is 0 Å². The van der Waals surface area contributed by atoms with Gasteiger partial charge >= 0.3 is 0 Å². The fraction of sp³-hybridized carbons (Fsp3) is 0.417.